The SMILES string of the molecule is CC[C@H]1CN(S(=O)(=O)c2ccccc2)CC[C@H]1CC(=O)N(C)CCC#N. The number of hydrogen-bond donors (Lipinski definition) is 0. The Morgan fingerprint density at radius 2 is 2.00 bits per heavy atom. The molecular formula is C19H27N3O3S. The van der Waals surface area contributed by atoms with Crippen molar-refractivity contribution >= 4 is 15.9 Å². The van der Waals surface area contributed by atoms with Crippen molar-refractivity contribution in [2.24, 2.45) is 11.8 Å². The summed E-state index contributed by atoms with van der Waals surface area (Å²) in [6.07, 6.45) is 2.26. The standard InChI is InChI=1S/C19H27N3O3S/c1-3-16-15-22(26(24,25)18-8-5-4-6-9-18)13-10-17(16)14-19(23)21(2)12-7-11-20/h4-6,8-9,16-17H,3,7,10,12-15H2,1-2H3/t16-,17-/m0/s1. The number of benzene rings is 1. The summed E-state index contributed by atoms with van der Waals surface area (Å²) in [7, 11) is -1.77. The van der Waals surface area contributed by atoms with Crippen LogP contribution in [0.3, 0.4) is 0 Å². The average Bonchev–Trinajstić information content (AvgIpc) is 2.66. The molecule has 2 rings (SSSR count). The van der Waals surface area contributed by atoms with Crippen LogP contribution in [0.5, 0.6) is 0 Å². The summed E-state index contributed by atoms with van der Waals surface area (Å²) in [6, 6.07) is 10.5. The molecule has 7 heteroatoms. The third-order valence-electron chi connectivity index (χ3n) is 5.18. The Labute approximate surface area is 156 Å². The number of piperidine rings is 1. The second-order valence-electron chi connectivity index (χ2n) is 6.82. The highest BCUT2D eigenvalue weighted by atomic mass is 32.2. The fourth-order valence-corrected chi connectivity index (χ4v) is 4.99. The van der Waals surface area contributed by atoms with E-state index in [1.807, 2.05) is 13.0 Å². The van der Waals surface area contributed by atoms with Crippen LogP contribution in [-0.2, 0) is 14.8 Å². The highest BCUT2D eigenvalue weighted by molar-refractivity contribution is 7.89. The van der Waals surface area contributed by atoms with Gasteiger partial charge in [0.2, 0.25) is 15.9 Å². The first-order chi connectivity index (χ1) is 12.4. The molecule has 1 aliphatic heterocycles. The lowest BCUT2D eigenvalue weighted by Crippen LogP contribution is -2.44. The van der Waals surface area contributed by atoms with E-state index in [1.165, 1.54) is 0 Å². The minimum Gasteiger partial charge on any atom is -0.345 e. The summed E-state index contributed by atoms with van der Waals surface area (Å²) >= 11 is 0. The second kappa shape index (κ2) is 9.15. The van der Waals surface area contributed by atoms with Crippen molar-refractivity contribution in [3.8, 4) is 6.07 Å². The van der Waals surface area contributed by atoms with Gasteiger partial charge in [-0.1, -0.05) is 31.5 Å². The quantitative estimate of drug-likeness (QED) is 0.731. The van der Waals surface area contributed by atoms with Gasteiger partial charge in [-0.05, 0) is 30.4 Å². The van der Waals surface area contributed by atoms with Crippen molar-refractivity contribution in [1.82, 2.24) is 9.21 Å². The van der Waals surface area contributed by atoms with Gasteiger partial charge in [-0.3, -0.25) is 4.79 Å². The molecule has 0 radical (unpaired) electrons. The van der Waals surface area contributed by atoms with E-state index >= 15 is 0 Å². The predicted octanol–water partition coefficient (Wildman–Crippen LogP) is 2.49. The van der Waals surface area contributed by atoms with Crippen LogP contribution in [0.2, 0.25) is 0 Å². The number of carbonyl (C=O) groups excluding carboxylic acids is 1. The molecule has 0 aromatic heterocycles. The summed E-state index contributed by atoms with van der Waals surface area (Å²) in [5.41, 5.74) is 0. The van der Waals surface area contributed by atoms with E-state index in [0.29, 0.717) is 43.8 Å². The van der Waals surface area contributed by atoms with Crippen molar-refractivity contribution in [2.75, 3.05) is 26.7 Å². The number of amides is 1. The largest absolute Gasteiger partial charge is 0.345 e. The molecule has 1 fully saturated rings. The van der Waals surface area contributed by atoms with Gasteiger partial charge < -0.3 is 4.90 Å². The number of rotatable bonds is 7. The number of nitriles is 1. The Bertz CT molecular complexity index is 743. The molecule has 26 heavy (non-hydrogen) atoms. The van der Waals surface area contributed by atoms with Gasteiger partial charge in [0.05, 0.1) is 17.4 Å². The molecule has 1 heterocycles. The molecule has 0 spiro atoms. The number of nitrogens with zero attached hydrogens (tertiary/aromatic N) is 3. The van der Waals surface area contributed by atoms with Gasteiger partial charge in [0.25, 0.3) is 0 Å². The van der Waals surface area contributed by atoms with Crippen LogP contribution in [0.25, 0.3) is 0 Å². The van der Waals surface area contributed by atoms with Crippen LogP contribution in [0.4, 0.5) is 0 Å². The van der Waals surface area contributed by atoms with Gasteiger partial charge in [0.15, 0.2) is 0 Å². The van der Waals surface area contributed by atoms with Gasteiger partial charge in [-0.2, -0.15) is 9.57 Å². The van der Waals surface area contributed by atoms with Crippen LogP contribution in [-0.4, -0.2) is 50.2 Å². The van der Waals surface area contributed by atoms with Gasteiger partial charge in [0.1, 0.15) is 0 Å². The number of hydrogen-bond acceptors (Lipinski definition) is 4. The molecule has 0 unspecified atom stereocenters. The lowest BCUT2D eigenvalue weighted by molar-refractivity contribution is -0.131. The first-order valence-corrected chi connectivity index (χ1v) is 10.5. The topological polar surface area (TPSA) is 81.5 Å². The summed E-state index contributed by atoms with van der Waals surface area (Å²) < 4.78 is 27.2. The van der Waals surface area contributed by atoms with E-state index in [-0.39, 0.29) is 17.7 Å². The molecule has 6 nitrogen and oxygen atoms in total. The maximum Gasteiger partial charge on any atom is 0.243 e. The van der Waals surface area contributed by atoms with Crippen molar-refractivity contribution in [1.29, 1.82) is 5.26 Å². The molecule has 1 saturated heterocycles. The molecule has 0 bridgehead atoms. The minimum absolute atomic E-state index is 0.0306. The Hall–Kier alpha value is -1.91. The molecule has 1 aromatic carbocycles. The molecule has 142 valence electrons. The Kier molecular flexibility index (Phi) is 7.18. The highest BCUT2D eigenvalue weighted by Crippen LogP contribution is 2.32. The summed E-state index contributed by atoms with van der Waals surface area (Å²) in [4.78, 5) is 14.3. The molecule has 0 saturated carbocycles. The lowest BCUT2D eigenvalue weighted by Gasteiger charge is -2.37. The second-order valence-corrected chi connectivity index (χ2v) is 8.76. The summed E-state index contributed by atoms with van der Waals surface area (Å²) in [5, 5.41) is 8.65. The zero-order valence-corrected chi connectivity index (χ0v) is 16.3. The van der Waals surface area contributed by atoms with E-state index in [4.69, 9.17) is 5.26 Å². The maximum atomic E-state index is 12.8. The molecule has 0 aliphatic carbocycles. The summed E-state index contributed by atoms with van der Waals surface area (Å²) in [5.74, 6) is 0.373. The van der Waals surface area contributed by atoms with Crippen molar-refractivity contribution in [3.63, 3.8) is 0 Å². The van der Waals surface area contributed by atoms with Crippen LogP contribution in [0, 0.1) is 23.2 Å². The maximum absolute atomic E-state index is 12.8. The lowest BCUT2D eigenvalue weighted by atomic mass is 9.82. The van der Waals surface area contributed by atoms with Crippen LogP contribution in [0.1, 0.15) is 32.6 Å². The zero-order chi connectivity index (χ0) is 19.2. The number of carbonyl (C=O) groups is 1. The monoisotopic (exact) mass is 377 g/mol. The van der Waals surface area contributed by atoms with Gasteiger partial charge in [-0.25, -0.2) is 8.42 Å². The van der Waals surface area contributed by atoms with E-state index in [2.05, 4.69) is 0 Å². The molecule has 1 amide bonds. The molecule has 2 atom stereocenters. The van der Waals surface area contributed by atoms with E-state index in [9.17, 15) is 13.2 Å². The Balaban J connectivity index is 2.02. The van der Waals surface area contributed by atoms with Crippen LogP contribution < -0.4 is 0 Å². The normalized spacial score (nSPS) is 21.1. The van der Waals surface area contributed by atoms with Crippen molar-refractivity contribution in [3.05, 3.63) is 30.3 Å². The van der Waals surface area contributed by atoms with E-state index in [0.717, 1.165) is 6.42 Å². The fraction of sp³-hybridized carbons (Fsp3) is 0.579. The molecule has 1 aromatic rings. The van der Waals surface area contributed by atoms with E-state index in [1.54, 1.807) is 46.6 Å². The van der Waals surface area contributed by atoms with Gasteiger partial charge in [-0.15, -0.1) is 0 Å². The summed E-state index contributed by atoms with van der Waals surface area (Å²) in [6.45, 7) is 3.37. The smallest absolute Gasteiger partial charge is 0.243 e. The molecular weight excluding hydrogens is 350 g/mol. The minimum atomic E-state index is -3.48. The highest BCUT2D eigenvalue weighted by Gasteiger charge is 2.35. The third kappa shape index (κ3) is 4.83. The number of sulfonamides is 1. The van der Waals surface area contributed by atoms with Gasteiger partial charge in [0, 0.05) is 33.1 Å². The Morgan fingerprint density at radius 3 is 2.62 bits per heavy atom. The third-order valence-corrected chi connectivity index (χ3v) is 7.06. The van der Waals surface area contributed by atoms with Crippen LogP contribution >= 0.6 is 0 Å². The first-order valence-electron chi connectivity index (χ1n) is 9.06. The van der Waals surface area contributed by atoms with Crippen LogP contribution in [0.15, 0.2) is 35.2 Å². The van der Waals surface area contributed by atoms with Gasteiger partial charge >= 0.3 is 0 Å². The van der Waals surface area contributed by atoms with E-state index < -0.39 is 10.0 Å². The molecule has 1 aliphatic rings. The van der Waals surface area contributed by atoms with Crippen molar-refractivity contribution < 1.29 is 13.2 Å². The molecule has 0 N–H and O–H groups in total. The predicted molar refractivity (Wildman–Crippen MR) is 99.6 cm³/mol. The average molecular weight is 378 g/mol. The first kappa shape index (κ1) is 20.4. The zero-order valence-electron chi connectivity index (χ0n) is 15.5. The van der Waals surface area contributed by atoms with Crippen molar-refractivity contribution in [2.45, 2.75) is 37.5 Å². The fourth-order valence-electron chi connectivity index (χ4n) is 3.46. The Morgan fingerprint density at radius 1 is 1.31 bits per heavy atom.